The maximum atomic E-state index is 5.97. The van der Waals surface area contributed by atoms with Gasteiger partial charge in [-0.1, -0.05) is 12.1 Å². The number of pyridine rings is 2. The summed E-state index contributed by atoms with van der Waals surface area (Å²) in [6.45, 7) is 9.77. The van der Waals surface area contributed by atoms with Crippen LogP contribution in [0.5, 0.6) is 0 Å². The fourth-order valence-corrected chi connectivity index (χ4v) is 6.06. The van der Waals surface area contributed by atoms with Crippen LogP contribution in [0.4, 0.5) is 11.4 Å². The second-order valence-corrected chi connectivity index (χ2v) is 10.3. The highest BCUT2D eigenvalue weighted by atomic mass is 32.1. The van der Waals surface area contributed by atoms with Gasteiger partial charge in [0.1, 0.15) is 5.82 Å². The lowest BCUT2D eigenvalue weighted by atomic mass is 9.96. The van der Waals surface area contributed by atoms with Crippen LogP contribution in [-0.4, -0.2) is 46.0 Å². The first-order valence-electron chi connectivity index (χ1n) is 13.1. The Kier molecular flexibility index (Phi) is 6.59. The van der Waals surface area contributed by atoms with Gasteiger partial charge in [0.2, 0.25) is 0 Å². The van der Waals surface area contributed by atoms with Crippen LogP contribution in [0.2, 0.25) is 0 Å². The molecule has 2 fully saturated rings. The van der Waals surface area contributed by atoms with Gasteiger partial charge in [0, 0.05) is 48.2 Å². The monoisotopic (exact) mass is 524 g/mol. The Morgan fingerprint density at radius 1 is 0.895 bits per heavy atom. The summed E-state index contributed by atoms with van der Waals surface area (Å²) in [5.41, 5.74) is 7.85. The number of ether oxygens (including phenoxy) is 1. The van der Waals surface area contributed by atoms with Crippen LogP contribution in [0.1, 0.15) is 40.3 Å². The minimum Gasteiger partial charge on any atom is -0.378 e. The Bertz CT molecular complexity index is 1450. The van der Waals surface area contributed by atoms with Crippen molar-refractivity contribution in [2.24, 2.45) is 0 Å². The zero-order valence-electron chi connectivity index (χ0n) is 22.0. The van der Waals surface area contributed by atoms with E-state index < -0.39 is 0 Å². The summed E-state index contributed by atoms with van der Waals surface area (Å²) in [6, 6.07) is 21.0. The second kappa shape index (κ2) is 10.2. The van der Waals surface area contributed by atoms with Gasteiger partial charge in [-0.2, -0.15) is 0 Å². The predicted octanol–water partition coefficient (Wildman–Crippen LogP) is 5.21. The number of rotatable bonds is 5. The van der Waals surface area contributed by atoms with Crippen molar-refractivity contribution < 1.29 is 4.74 Å². The summed E-state index contributed by atoms with van der Waals surface area (Å²) >= 11 is 5.97. The summed E-state index contributed by atoms with van der Waals surface area (Å²) in [7, 11) is 0. The first kappa shape index (κ1) is 24.6. The first-order valence-corrected chi connectivity index (χ1v) is 13.5. The van der Waals surface area contributed by atoms with E-state index >= 15 is 0 Å². The summed E-state index contributed by atoms with van der Waals surface area (Å²) in [6.07, 6.45) is 3.70. The van der Waals surface area contributed by atoms with Crippen molar-refractivity contribution in [3.05, 3.63) is 101 Å². The molecular weight excluding hydrogens is 492 g/mol. The number of benzene rings is 1. The van der Waals surface area contributed by atoms with E-state index in [1.165, 1.54) is 11.3 Å². The molecule has 6 rings (SSSR count). The lowest BCUT2D eigenvalue weighted by Gasteiger charge is -2.31. The Morgan fingerprint density at radius 3 is 2.34 bits per heavy atom. The highest BCUT2D eigenvalue weighted by Crippen LogP contribution is 2.44. The number of aromatic nitrogens is 3. The van der Waals surface area contributed by atoms with E-state index in [-0.39, 0.29) is 12.1 Å². The molecule has 5 heterocycles. The lowest BCUT2D eigenvalue weighted by molar-refractivity contribution is 0.122. The van der Waals surface area contributed by atoms with Crippen molar-refractivity contribution in [1.29, 1.82) is 0 Å². The molecule has 0 spiro atoms. The van der Waals surface area contributed by atoms with Crippen LogP contribution >= 0.6 is 12.2 Å². The van der Waals surface area contributed by atoms with E-state index in [2.05, 4.69) is 82.9 Å². The molecule has 2 aliphatic rings. The molecule has 3 aromatic heterocycles. The minimum atomic E-state index is -0.0959. The number of hydrogen-bond acceptors (Lipinski definition) is 5. The Labute approximate surface area is 229 Å². The summed E-state index contributed by atoms with van der Waals surface area (Å²) in [5.74, 6) is 0.957. The van der Waals surface area contributed by atoms with Gasteiger partial charge in [0.25, 0.3) is 0 Å². The molecule has 7 nitrogen and oxygen atoms in total. The van der Waals surface area contributed by atoms with E-state index in [1.54, 1.807) is 0 Å². The van der Waals surface area contributed by atoms with Gasteiger partial charge in [0.15, 0.2) is 5.11 Å². The topological polar surface area (TPSA) is 58.5 Å². The van der Waals surface area contributed by atoms with Crippen molar-refractivity contribution in [2.45, 2.75) is 32.9 Å². The Hall–Kier alpha value is -3.75. The van der Waals surface area contributed by atoms with E-state index in [1.807, 2.05) is 30.6 Å². The Morgan fingerprint density at radius 2 is 1.63 bits per heavy atom. The zero-order chi connectivity index (χ0) is 26.2. The number of hydrogen-bond donors (Lipinski definition) is 1. The van der Waals surface area contributed by atoms with E-state index in [0.29, 0.717) is 5.11 Å². The quantitative estimate of drug-likeness (QED) is 0.360. The number of nitrogens with one attached hydrogen (secondary N) is 1. The van der Waals surface area contributed by atoms with E-state index in [9.17, 15) is 0 Å². The average molecular weight is 525 g/mol. The van der Waals surface area contributed by atoms with Crippen LogP contribution in [-0.2, 0) is 4.74 Å². The summed E-state index contributed by atoms with van der Waals surface area (Å²) in [4.78, 5) is 14.0. The largest absolute Gasteiger partial charge is 0.378 e. The van der Waals surface area contributed by atoms with Crippen molar-refractivity contribution in [2.75, 3.05) is 36.1 Å². The number of anilines is 2. The molecule has 0 bridgehead atoms. The van der Waals surface area contributed by atoms with Crippen molar-refractivity contribution in [3.8, 4) is 5.82 Å². The van der Waals surface area contributed by atoms with E-state index in [4.69, 9.17) is 26.9 Å². The third kappa shape index (κ3) is 4.33. The fourth-order valence-electron chi connectivity index (χ4n) is 5.72. The molecule has 2 saturated heterocycles. The third-order valence-electron chi connectivity index (χ3n) is 7.58. The number of aryl methyl sites for hydroxylation is 2. The highest BCUT2D eigenvalue weighted by Gasteiger charge is 2.42. The van der Waals surface area contributed by atoms with Gasteiger partial charge in [0.05, 0.1) is 31.0 Å². The fraction of sp³-hybridized carbons (Fsp3) is 0.300. The molecular formula is C30H32N6OS. The molecule has 0 amide bonds. The molecule has 1 aromatic carbocycles. The lowest BCUT2D eigenvalue weighted by Crippen LogP contribution is -2.36. The SMILES string of the molecule is Cc1cccnc1-n1c(C)cc([C@H]2[C@@H](c3ccccn3)NC(=S)N2c2ccc(N3CCOCC3)cc2)c1C. The van der Waals surface area contributed by atoms with Crippen molar-refractivity contribution >= 4 is 28.7 Å². The third-order valence-corrected chi connectivity index (χ3v) is 7.90. The molecule has 1 N–H and O–H groups in total. The maximum Gasteiger partial charge on any atom is 0.174 e. The van der Waals surface area contributed by atoms with Gasteiger partial charge in [-0.05, 0) is 92.6 Å². The standard InChI is InChI=1S/C30H32N6OS/c1-20-7-6-14-32-29(20)35-21(2)19-25(22(35)3)28-27(26-8-4-5-13-31-26)33-30(38)36(28)24-11-9-23(10-12-24)34-15-17-37-18-16-34/h4-14,19,27-28H,15-18H2,1-3H3,(H,33,38)/t27-,28+/m1/s1. The highest BCUT2D eigenvalue weighted by molar-refractivity contribution is 7.80. The van der Waals surface area contributed by atoms with Gasteiger partial charge in [-0.3, -0.25) is 4.98 Å². The molecule has 0 unspecified atom stereocenters. The molecule has 38 heavy (non-hydrogen) atoms. The van der Waals surface area contributed by atoms with Crippen molar-refractivity contribution in [1.82, 2.24) is 19.9 Å². The molecule has 4 aromatic rings. The summed E-state index contributed by atoms with van der Waals surface area (Å²) < 4.78 is 7.78. The van der Waals surface area contributed by atoms with Crippen molar-refractivity contribution in [3.63, 3.8) is 0 Å². The molecule has 194 valence electrons. The van der Waals surface area contributed by atoms with Crippen LogP contribution < -0.4 is 15.1 Å². The second-order valence-electron chi connectivity index (χ2n) is 9.92. The minimum absolute atomic E-state index is 0.0735. The summed E-state index contributed by atoms with van der Waals surface area (Å²) in [5, 5.41) is 4.29. The average Bonchev–Trinajstić information content (AvgIpc) is 3.45. The van der Waals surface area contributed by atoms with Crippen LogP contribution in [0, 0.1) is 20.8 Å². The molecule has 0 aliphatic carbocycles. The predicted molar refractivity (Wildman–Crippen MR) is 155 cm³/mol. The van der Waals surface area contributed by atoms with Crippen LogP contribution in [0.3, 0.4) is 0 Å². The van der Waals surface area contributed by atoms with Gasteiger partial charge in [-0.15, -0.1) is 0 Å². The Balaban J connectivity index is 1.44. The number of thiocarbonyl (C=S) groups is 1. The molecule has 2 aliphatic heterocycles. The maximum absolute atomic E-state index is 5.97. The smallest absolute Gasteiger partial charge is 0.174 e. The molecule has 0 saturated carbocycles. The molecule has 0 radical (unpaired) electrons. The van der Waals surface area contributed by atoms with E-state index in [0.717, 1.165) is 60.5 Å². The normalized spacial score (nSPS) is 19.6. The van der Waals surface area contributed by atoms with Gasteiger partial charge in [-0.25, -0.2) is 4.98 Å². The molecule has 2 atom stereocenters. The van der Waals surface area contributed by atoms with Gasteiger partial charge >= 0.3 is 0 Å². The molecule has 8 heteroatoms. The first-order chi connectivity index (χ1) is 18.5. The number of morpholine rings is 1. The number of nitrogens with zero attached hydrogens (tertiary/aromatic N) is 5. The van der Waals surface area contributed by atoms with Crippen LogP contribution in [0.15, 0.2) is 73.1 Å². The zero-order valence-corrected chi connectivity index (χ0v) is 22.8. The van der Waals surface area contributed by atoms with Crippen LogP contribution in [0.25, 0.3) is 5.82 Å². The van der Waals surface area contributed by atoms with Gasteiger partial charge < -0.3 is 24.4 Å².